The van der Waals surface area contributed by atoms with Gasteiger partial charge in [0.05, 0.1) is 12.2 Å². The first-order valence-electron chi connectivity index (χ1n) is 20.8. The summed E-state index contributed by atoms with van der Waals surface area (Å²) in [5, 5.41) is 13.6. The number of nitrogens with zero attached hydrogens (tertiary/aromatic N) is 5. The van der Waals surface area contributed by atoms with Gasteiger partial charge in [-0.1, -0.05) is 30.3 Å². The fraction of sp³-hybridized carbons (Fsp3) is 0.489. The summed E-state index contributed by atoms with van der Waals surface area (Å²) in [5.41, 5.74) is 5.66. The molecule has 2 N–H and O–H groups in total. The van der Waals surface area contributed by atoms with E-state index in [4.69, 9.17) is 9.47 Å². The summed E-state index contributed by atoms with van der Waals surface area (Å²) in [7, 11) is 1.88. The van der Waals surface area contributed by atoms with Crippen molar-refractivity contribution in [2.75, 3.05) is 82.8 Å². The largest absolute Gasteiger partial charge is 0.507 e. The molecule has 3 aliphatic rings. The van der Waals surface area contributed by atoms with Gasteiger partial charge in [0.15, 0.2) is 6.10 Å². The number of amides is 4. The van der Waals surface area contributed by atoms with Gasteiger partial charge in [0.1, 0.15) is 5.75 Å². The zero-order valence-electron chi connectivity index (χ0n) is 34.6. The van der Waals surface area contributed by atoms with E-state index in [1.807, 2.05) is 59.3 Å². The highest BCUT2D eigenvalue weighted by atomic mass is 16.6. The van der Waals surface area contributed by atoms with Crippen molar-refractivity contribution in [3.8, 4) is 5.75 Å². The topological polar surface area (TPSA) is 152 Å². The number of rotatable bonds is 16. The molecule has 0 aromatic heterocycles. The molecule has 3 saturated heterocycles. The maximum Gasteiger partial charge on any atom is 0.410 e. The van der Waals surface area contributed by atoms with Gasteiger partial charge in [0.25, 0.3) is 5.91 Å². The zero-order valence-corrected chi connectivity index (χ0v) is 34.6. The van der Waals surface area contributed by atoms with Crippen LogP contribution in [0, 0.1) is 13.8 Å². The highest BCUT2D eigenvalue weighted by Gasteiger charge is 2.34. The summed E-state index contributed by atoms with van der Waals surface area (Å²) in [6.45, 7) is 8.49. The number of likely N-dealkylation sites (tertiary alicyclic amines) is 2. The molecule has 0 radical (unpaired) electrons. The van der Waals surface area contributed by atoms with E-state index in [0.29, 0.717) is 101 Å². The number of aromatic hydroxyl groups is 1. The van der Waals surface area contributed by atoms with E-state index >= 15 is 0 Å². The van der Waals surface area contributed by atoms with E-state index in [1.165, 1.54) is 0 Å². The van der Waals surface area contributed by atoms with Gasteiger partial charge >= 0.3 is 12.1 Å². The van der Waals surface area contributed by atoms with Crippen molar-refractivity contribution in [1.29, 1.82) is 0 Å². The second kappa shape index (κ2) is 20.3. The van der Waals surface area contributed by atoms with Gasteiger partial charge < -0.3 is 44.4 Å². The Morgan fingerprint density at radius 2 is 1.63 bits per heavy atom. The number of phenolic OH excluding ortho intramolecular Hbond substituents is 1. The van der Waals surface area contributed by atoms with E-state index in [0.717, 1.165) is 41.9 Å². The lowest BCUT2D eigenvalue weighted by molar-refractivity contribution is -0.141. The van der Waals surface area contributed by atoms with Gasteiger partial charge in [-0.25, -0.2) is 9.59 Å². The van der Waals surface area contributed by atoms with E-state index in [-0.39, 0.29) is 36.6 Å². The molecule has 0 unspecified atom stereocenters. The third-order valence-electron chi connectivity index (χ3n) is 11.8. The predicted octanol–water partition coefficient (Wildman–Crippen LogP) is 4.78. The van der Waals surface area contributed by atoms with Crippen LogP contribution >= 0.6 is 0 Å². The van der Waals surface area contributed by atoms with E-state index in [9.17, 15) is 29.1 Å². The van der Waals surface area contributed by atoms with E-state index in [1.54, 1.807) is 35.8 Å². The minimum absolute atomic E-state index is 0.0106. The molecular formula is C45H58N6O8. The average Bonchev–Trinajstić information content (AvgIpc) is 3.68. The summed E-state index contributed by atoms with van der Waals surface area (Å²) >= 11 is 0. The SMILES string of the molecule is CNc1ccccc1CCN(C=O)C1CCN(C(=O)O[C@H](Cc2cc(C)c(O)c(C)c2)C(=O)N2CCN(c3ccc(C(=O)OCCCN4CCCC4=O)cc3)CC2)CC1. The predicted molar refractivity (Wildman–Crippen MR) is 225 cm³/mol. The molecule has 1 atom stereocenters. The summed E-state index contributed by atoms with van der Waals surface area (Å²) in [6.07, 6.45) is 3.40. The Kier molecular flexibility index (Phi) is 14.7. The minimum atomic E-state index is -1.07. The third-order valence-corrected chi connectivity index (χ3v) is 11.8. The van der Waals surface area contributed by atoms with Crippen LogP contribution in [-0.4, -0.2) is 140 Å². The van der Waals surface area contributed by atoms with Crippen molar-refractivity contribution in [3.05, 3.63) is 88.5 Å². The maximum atomic E-state index is 14.2. The summed E-state index contributed by atoms with van der Waals surface area (Å²) < 4.78 is 11.5. The van der Waals surface area contributed by atoms with Crippen LogP contribution in [0.1, 0.15) is 64.7 Å². The number of esters is 1. The lowest BCUT2D eigenvalue weighted by Crippen LogP contribution is -2.53. The first kappa shape index (κ1) is 42.8. The molecule has 3 aliphatic heterocycles. The number of para-hydroxylation sites is 1. The molecule has 0 spiro atoms. The molecule has 14 nitrogen and oxygen atoms in total. The highest BCUT2D eigenvalue weighted by Crippen LogP contribution is 2.26. The Hall–Kier alpha value is -5.79. The molecule has 3 aromatic rings. The first-order chi connectivity index (χ1) is 28.5. The summed E-state index contributed by atoms with van der Waals surface area (Å²) in [4.78, 5) is 73.6. The van der Waals surface area contributed by atoms with Crippen LogP contribution in [0.15, 0.2) is 60.7 Å². The van der Waals surface area contributed by atoms with Gasteiger partial charge in [-0.2, -0.15) is 0 Å². The molecular weight excluding hydrogens is 753 g/mol. The molecule has 4 amide bonds. The summed E-state index contributed by atoms with van der Waals surface area (Å²) in [6, 6.07) is 18.9. The minimum Gasteiger partial charge on any atom is -0.507 e. The second-order valence-corrected chi connectivity index (χ2v) is 15.7. The Morgan fingerprint density at radius 3 is 2.27 bits per heavy atom. The molecule has 3 fully saturated rings. The standard InChI is InChI=1S/C45H58N6O8/c1-32-28-34(29-33(2)42(32)54)30-40(59-45(57)50-21-16-38(17-22-50)51(31-52)20-15-35-8-4-5-9-39(35)46-3)43(55)49-25-23-47(24-26-49)37-13-11-36(12-14-37)44(56)58-27-7-19-48-18-6-10-41(48)53/h4-5,8-9,11-14,28-29,31,38,40,46,54H,6-7,10,15-27,30H2,1-3H3/t40-/m1/s1. The third kappa shape index (κ3) is 11.0. The van der Waals surface area contributed by atoms with Gasteiger partial charge in [0, 0.05) is 96.2 Å². The number of benzene rings is 3. The lowest BCUT2D eigenvalue weighted by atomic mass is 10.0. The number of ether oxygens (including phenoxy) is 2. The van der Waals surface area contributed by atoms with Crippen LogP contribution in [0.4, 0.5) is 16.2 Å². The smallest absolute Gasteiger partial charge is 0.410 e. The number of piperazine rings is 1. The quantitative estimate of drug-likeness (QED) is 0.118. The number of carbonyl (C=O) groups is 5. The number of hydrogen-bond donors (Lipinski definition) is 2. The van der Waals surface area contributed by atoms with E-state index in [2.05, 4.69) is 16.3 Å². The molecule has 0 aliphatic carbocycles. The van der Waals surface area contributed by atoms with Gasteiger partial charge in [0.2, 0.25) is 12.3 Å². The van der Waals surface area contributed by atoms with Crippen molar-refractivity contribution in [2.45, 2.75) is 70.9 Å². The molecule has 14 heteroatoms. The lowest BCUT2D eigenvalue weighted by Gasteiger charge is -2.38. The van der Waals surface area contributed by atoms with Crippen LogP contribution in [0.5, 0.6) is 5.75 Å². The van der Waals surface area contributed by atoms with Gasteiger partial charge in [-0.05, 0) is 98.5 Å². The van der Waals surface area contributed by atoms with Crippen molar-refractivity contribution < 1.29 is 38.6 Å². The number of hydrogen-bond acceptors (Lipinski definition) is 10. The Bertz CT molecular complexity index is 1920. The summed E-state index contributed by atoms with van der Waals surface area (Å²) in [5.74, 6) is -0.337. The normalized spacial score (nSPS) is 16.5. The van der Waals surface area contributed by atoms with Crippen LogP contribution in [0.3, 0.4) is 0 Å². The molecule has 59 heavy (non-hydrogen) atoms. The fourth-order valence-electron chi connectivity index (χ4n) is 8.33. The van der Waals surface area contributed by atoms with Crippen LogP contribution in [-0.2, 0) is 36.7 Å². The molecule has 0 saturated carbocycles. The number of carbonyl (C=O) groups excluding carboxylic acids is 5. The van der Waals surface area contributed by atoms with Crippen molar-refractivity contribution in [3.63, 3.8) is 0 Å². The maximum absolute atomic E-state index is 14.2. The number of aryl methyl sites for hydroxylation is 2. The van der Waals surface area contributed by atoms with Crippen molar-refractivity contribution in [2.24, 2.45) is 0 Å². The molecule has 6 rings (SSSR count). The molecule has 3 heterocycles. The molecule has 316 valence electrons. The molecule has 3 aromatic carbocycles. The molecule has 0 bridgehead atoms. The van der Waals surface area contributed by atoms with Gasteiger partial charge in [-0.3, -0.25) is 14.4 Å². The Balaban J connectivity index is 1.02. The zero-order chi connectivity index (χ0) is 41.9. The number of anilines is 2. The Labute approximate surface area is 347 Å². The first-order valence-corrected chi connectivity index (χ1v) is 20.8. The Morgan fingerprint density at radius 1 is 0.932 bits per heavy atom. The average molecular weight is 811 g/mol. The van der Waals surface area contributed by atoms with Crippen LogP contribution in [0.2, 0.25) is 0 Å². The van der Waals surface area contributed by atoms with Crippen molar-refractivity contribution in [1.82, 2.24) is 19.6 Å². The highest BCUT2D eigenvalue weighted by molar-refractivity contribution is 5.90. The number of phenols is 1. The number of piperidine rings is 1. The van der Waals surface area contributed by atoms with E-state index < -0.39 is 18.2 Å². The number of nitrogens with one attached hydrogen (secondary N) is 1. The van der Waals surface area contributed by atoms with Gasteiger partial charge in [-0.15, -0.1) is 0 Å². The van der Waals surface area contributed by atoms with Crippen molar-refractivity contribution >= 4 is 41.7 Å². The van der Waals surface area contributed by atoms with Crippen LogP contribution < -0.4 is 10.2 Å². The second-order valence-electron chi connectivity index (χ2n) is 15.7. The fourth-order valence-corrected chi connectivity index (χ4v) is 8.33. The monoisotopic (exact) mass is 810 g/mol. The van der Waals surface area contributed by atoms with Crippen LogP contribution in [0.25, 0.3) is 0 Å².